The molecular formula is C8H12N2O2. The van der Waals surface area contributed by atoms with Crippen LogP contribution in [0.15, 0.2) is 6.20 Å². The van der Waals surface area contributed by atoms with Crippen LogP contribution < -0.4 is 0 Å². The average Bonchev–Trinajstić information content (AvgIpc) is 2.28. The Kier molecular flexibility index (Phi) is 2.47. The molecule has 0 spiro atoms. The van der Waals surface area contributed by atoms with Crippen LogP contribution in [0.5, 0.6) is 0 Å². The van der Waals surface area contributed by atoms with E-state index in [1.165, 1.54) is 0 Å². The Hall–Kier alpha value is -1.32. The van der Waals surface area contributed by atoms with Gasteiger partial charge < -0.3 is 5.11 Å². The molecule has 1 rings (SSSR count). The molecule has 66 valence electrons. The molecule has 1 aromatic rings. The highest BCUT2D eigenvalue weighted by Crippen LogP contribution is 2.07. The second kappa shape index (κ2) is 3.38. The summed E-state index contributed by atoms with van der Waals surface area (Å²) in [6.45, 7) is 1.93. The van der Waals surface area contributed by atoms with Crippen LogP contribution in [0.4, 0.5) is 0 Å². The van der Waals surface area contributed by atoms with Gasteiger partial charge in [0.05, 0.1) is 12.6 Å². The lowest BCUT2D eigenvalue weighted by molar-refractivity contribution is -0.136. The van der Waals surface area contributed by atoms with Crippen molar-refractivity contribution in [3.63, 3.8) is 0 Å². The molecule has 0 saturated carbocycles. The van der Waals surface area contributed by atoms with Crippen molar-refractivity contribution in [3.8, 4) is 0 Å². The normalized spacial score (nSPS) is 10.2. The predicted octanol–water partition coefficient (Wildman–Crippen LogP) is 0.746. The third kappa shape index (κ3) is 1.84. The number of carbonyl (C=O) groups is 1. The molecule has 0 aliphatic rings. The van der Waals surface area contributed by atoms with Gasteiger partial charge in [0.1, 0.15) is 0 Å². The fourth-order valence-corrected chi connectivity index (χ4v) is 1.16. The van der Waals surface area contributed by atoms with Gasteiger partial charge in [0.2, 0.25) is 0 Å². The van der Waals surface area contributed by atoms with Crippen molar-refractivity contribution in [1.29, 1.82) is 0 Å². The van der Waals surface area contributed by atoms with Gasteiger partial charge in [-0.25, -0.2) is 0 Å². The third-order valence-corrected chi connectivity index (χ3v) is 1.85. The average molecular weight is 168 g/mol. The molecular weight excluding hydrogens is 156 g/mol. The maximum Gasteiger partial charge on any atom is 0.303 e. The highest BCUT2D eigenvalue weighted by atomic mass is 16.4. The number of aliphatic carboxylic acids is 1. The van der Waals surface area contributed by atoms with Gasteiger partial charge in [-0.05, 0) is 12.5 Å². The van der Waals surface area contributed by atoms with Crippen LogP contribution in [-0.2, 0) is 18.3 Å². The summed E-state index contributed by atoms with van der Waals surface area (Å²) in [4.78, 5) is 10.3. The molecule has 0 saturated heterocycles. The van der Waals surface area contributed by atoms with E-state index in [9.17, 15) is 4.79 Å². The van der Waals surface area contributed by atoms with Crippen LogP contribution in [0.1, 0.15) is 17.7 Å². The van der Waals surface area contributed by atoms with Crippen molar-refractivity contribution in [3.05, 3.63) is 17.5 Å². The Balaban J connectivity index is 2.68. The fraction of sp³-hybridized carbons (Fsp3) is 0.500. The highest BCUT2D eigenvalue weighted by Gasteiger charge is 2.06. The van der Waals surface area contributed by atoms with E-state index in [4.69, 9.17) is 5.11 Å². The molecule has 0 amide bonds. The van der Waals surface area contributed by atoms with E-state index in [1.54, 1.807) is 10.9 Å². The smallest absolute Gasteiger partial charge is 0.303 e. The molecule has 0 aliphatic heterocycles. The van der Waals surface area contributed by atoms with Crippen molar-refractivity contribution in [2.24, 2.45) is 7.05 Å². The van der Waals surface area contributed by atoms with Gasteiger partial charge in [-0.15, -0.1) is 0 Å². The topological polar surface area (TPSA) is 55.1 Å². The predicted molar refractivity (Wildman–Crippen MR) is 43.9 cm³/mol. The van der Waals surface area contributed by atoms with Gasteiger partial charge in [0.25, 0.3) is 0 Å². The molecule has 12 heavy (non-hydrogen) atoms. The van der Waals surface area contributed by atoms with Crippen molar-refractivity contribution in [2.45, 2.75) is 19.8 Å². The first-order valence-corrected chi connectivity index (χ1v) is 3.80. The lowest BCUT2D eigenvalue weighted by Gasteiger charge is -2.00. The van der Waals surface area contributed by atoms with Crippen LogP contribution >= 0.6 is 0 Å². The summed E-state index contributed by atoms with van der Waals surface area (Å²) >= 11 is 0. The zero-order valence-electron chi connectivity index (χ0n) is 7.24. The van der Waals surface area contributed by atoms with E-state index in [0.717, 1.165) is 11.3 Å². The van der Waals surface area contributed by atoms with Gasteiger partial charge >= 0.3 is 5.97 Å². The molecule has 0 radical (unpaired) electrons. The zero-order valence-corrected chi connectivity index (χ0v) is 7.24. The van der Waals surface area contributed by atoms with E-state index < -0.39 is 5.97 Å². The van der Waals surface area contributed by atoms with Crippen LogP contribution in [0.2, 0.25) is 0 Å². The molecule has 0 bridgehead atoms. The van der Waals surface area contributed by atoms with Crippen molar-refractivity contribution in [2.75, 3.05) is 0 Å². The molecule has 0 atom stereocenters. The first kappa shape index (κ1) is 8.77. The lowest BCUT2D eigenvalue weighted by atomic mass is 10.2. The van der Waals surface area contributed by atoms with Crippen molar-refractivity contribution < 1.29 is 9.90 Å². The van der Waals surface area contributed by atoms with Gasteiger partial charge in [0.15, 0.2) is 0 Å². The van der Waals surface area contributed by atoms with E-state index in [1.807, 2.05) is 14.0 Å². The first-order valence-electron chi connectivity index (χ1n) is 3.80. The molecule has 1 heterocycles. The summed E-state index contributed by atoms with van der Waals surface area (Å²) in [5, 5.41) is 12.5. The Morgan fingerprint density at radius 2 is 2.42 bits per heavy atom. The monoisotopic (exact) mass is 168 g/mol. The Labute approximate surface area is 70.8 Å². The van der Waals surface area contributed by atoms with Gasteiger partial charge in [-0.1, -0.05) is 0 Å². The van der Waals surface area contributed by atoms with Crippen molar-refractivity contribution in [1.82, 2.24) is 9.78 Å². The zero-order chi connectivity index (χ0) is 9.14. The maximum atomic E-state index is 10.3. The highest BCUT2D eigenvalue weighted by molar-refractivity contribution is 5.67. The van der Waals surface area contributed by atoms with Gasteiger partial charge in [0, 0.05) is 19.2 Å². The minimum absolute atomic E-state index is 0.167. The summed E-state index contributed by atoms with van der Waals surface area (Å²) in [5.74, 6) is -0.768. The molecule has 1 aromatic heterocycles. The van der Waals surface area contributed by atoms with Crippen LogP contribution in [0.25, 0.3) is 0 Å². The number of hydrogen-bond donors (Lipinski definition) is 1. The quantitative estimate of drug-likeness (QED) is 0.724. The molecule has 0 aromatic carbocycles. The third-order valence-electron chi connectivity index (χ3n) is 1.85. The number of rotatable bonds is 3. The summed E-state index contributed by atoms with van der Waals surface area (Å²) in [6.07, 6.45) is 2.47. The maximum absolute atomic E-state index is 10.3. The molecule has 0 fully saturated rings. The van der Waals surface area contributed by atoms with Gasteiger partial charge in [-0.2, -0.15) is 5.10 Å². The SMILES string of the molecule is Cc1cnn(C)c1CCC(=O)O. The minimum atomic E-state index is -0.768. The molecule has 1 N–H and O–H groups in total. The number of nitrogens with zero attached hydrogens (tertiary/aromatic N) is 2. The minimum Gasteiger partial charge on any atom is -0.481 e. The number of hydrogen-bond acceptors (Lipinski definition) is 2. The van der Waals surface area contributed by atoms with Gasteiger partial charge in [-0.3, -0.25) is 9.48 Å². The summed E-state index contributed by atoms with van der Waals surface area (Å²) in [5.41, 5.74) is 2.05. The fourth-order valence-electron chi connectivity index (χ4n) is 1.16. The van der Waals surface area contributed by atoms with Crippen molar-refractivity contribution >= 4 is 5.97 Å². The number of carboxylic acid groups (broad SMARTS) is 1. The second-order valence-corrected chi connectivity index (χ2v) is 2.79. The van der Waals surface area contributed by atoms with E-state index >= 15 is 0 Å². The van der Waals surface area contributed by atoms with E-state index in [2.05, 4.69) is 5.10 Å². The molecule has 4 nitrogen and oxygen atoms in total. The molecule has 4 heteroatoms. The standard InChI is InChI=1S/C8H12N2O2/c1-6-5-9-10(2)7(6)3-4-8(11)12/h5H,3-4H2,1-2H3,(H,11,12). The number of carboxylic acids is 1. The first-order chi connectivity index (χ1) is 5.61. The second-order valence-electron chi connectivity index (χ2n) is 2.79. The van der Waals surface area contributed by atoms with E-state index in [-0.39, 0.29) is 6.42 Å². The lowest BCUT2D eigenvalue weighted by Crippen LogP contribution is -2.03. The van der Waals surface area contributed by atoms with E-state index in [0.29, 0.717) is 6.42 Å². The number of aryl methyl sites for hydroxylation is 2. The Morgan fingerprint density at radius 3 is 2.83 bits per heavy atom. The summed E-state index contributed by atoms with van der Waals surface area (Å²) in [6, 6.07) is 0. The molecule has 0 aliphatic carbocycles. The Bertz CT molecular complexity index is 272. The Morgan fingerprint density at radius 1 is 1.75 bits per heavy atom. The number of aromatic nitrogens is 2. The molecule has 0 unspecified atom stereocenters. The largest absolute Gasteiger partial charge is 0.481 e. The van der Waals surface area contributed by atoms with Crippen LogP contribution in [0.3, 0.4) is 0 Å². The summed E-state index contributed by atoms with van der Waals surface area (Å²) < 4.78 is 1.72. The van der Waals surface area contributed by atoms with Crippen LogP contribution in [0, 0.1) is 6.92 Å². The van der Waals surface area contributed by atoms with Crippen LogP contribution in [-0.4, -0.2) is 20.9 Å². The summed E-state index contributed by atoms with van der Waals surface area (Å²) in [7, 11) is 1.82.